The van der Waals surface area contributed by atoms with Crippen LogP contribution in [0.2, 0.25) is 5.02 Å². The standard InChI is InChI=1S/C13H10ClN3O2S/c1-9-7-11(14)4-5-12(9)20(18,19)17-13-10(8-15)3-2-6-16-13/h2-7H,1H3,(H,16,17). The van der Waals surface area contributed by atoms with E-state index in [4.69, 9.17) is 16.9 Å². The first-order valence-corrected chi connectivity index (χ1v) is 7.44. The molecule has 102 valence electrons. The molecular weight excluding hydrogens is 298 g/mol. The first-order chi connectivity index (χ1) is 9.44. The Balaban J connectivity index is 2.44. The van der Waals surface area contributed by atoms with E-state index in [9.17, 15) is 8.42 Å². The molecule has 0 spiro atoms. The molecule has 2 rings (SSSR count). The summed E-state index contributed by atoms with van der Waals surface area (Å²) in [7, 11) is -3.82. The molecule has 7 heteroatoms. The van der Waals surface area contributed by atoms with Crippen LogP contribution in [0.5, 0.6) is 0 Å². The van der Waals surface area contributed by atoms with E-state index in [0.717, 1.165) is 0 Å². The molecule has 1 aromatic heterocycles. The molecule has 0 saturated heterocycles. The number of aryl methyl sites for hydroxylation is 1. The number of anilines is 1. The number of hydrogen-bond donors (Lipinski definition) is 1. The van der Waals surface area contributed by atoms with E-state index in [1.165, 1.54) is 24.4 Å². The van der Waals surface area contributed by atoms with Crippen molar-refractivity contribution >= 4 is 27.4 Å². The molecule has 20 heavy (non-hydrogen) atoms. The Kier molecular flexibility index (Phi) is 3.93. The predicted molar refractivity (Wildman–Crippen MR) is 75.9 cm³/mol. The highest BCUT2D eigenvalue weighted by Gasteiger charge is 2.19. The first kappa shape index (κ1) is 14.3. The summed E-state index contributed by atoms with van der Waals surface area (Å²) in [6.45, 7) is 1.64. The van der Waals surface area contributed by atoms with Gasteiger partial charge in [0.15, 0.2) is 5.82 Å². The van der Waals surface area contributed by atoms with Crippen molar-refractivity contribution in [1.82, 2.24) is 4.98 Å². The Bertz CT molecular complexity index is 798. The highest BCUT2D eigenvalue weighted by Crippen LogP contribution is 2.22. The molecule has 0 aliphatic carbocycles. The number of halogens is 1. The monoisotopic (exact) mass is 307 g/mol. The van der Waals surface area contributed by atoms with E-state index in [0.29, 0.717) is 10.6 Å². The average Bonchev–Trinajstić information content (AvgIpc) is 2.38. The summed E-state index contributed by atoms with van der Waals surface area (Å²) in [5.74, 6) is 0.00403. The molecule has 0 aliphatic heterocycles. The smallest absolute Gasteiger partial charge is 0.262 e. The molecule has 0 amide bonds. The van der Waals surface area contributed by atoms with Crippen LogP contribution in [0.25, 0.3) is 0 Å². The van der Waals surface area contributed by atoms with Crippen molar-refractivity contribution in [3.05, 3.63) is 52.7 Å². The van der Waals surface area contributed by atoms with E-state index in [-0.39, 0.29) is 16.3 Å². The van der Waals surface area contributed by atoms with E-state index in [1.54, 1.807) is 19.1 Å². The number of aromatic nitrogens is 1. The second-order valence-corrected chi connectivity index (χ2v) is 6.11. The van der Waals surface area contributed by atoms with Crippen LogP contribution in [0.15, 0.2) is 41.4 Å². The van der Waals surface area contributed by atoms with Crippen molar-refractivity contribution < 1.29 is 8.42 Å². The maximum Gasteiger partial charge on any atom is 0.263 e. The van der Waals surface area contributed by atoms with Crippen LogP contribution in [0.1, 0.15) is 11.1 Å². The molecule has 1 aromatic carbocycles. The Hall–Kier alpha value is -2.10. The van der Waals surface area contributed by atoms with Crippen LogP contribution in [-0.4, -0.2) is 13.4 Å². The zero-order chi connectivity index (χ0) is 14.8. The van der Waals surface area contributed by atoms with E-state index < -0.39 is 10.0 Å². The number of sulfonamides is 1. The van der Waals surface area contributed by atoms with Crippen LogP contribution in [0.4, 0.5) is 5.82 Å². The molecule has 0 aliphatic rings. The number of benzene rings is 1. The zero-order valence-corrected chi connectivity index (χ0v) is 12.0. The molecule has 0 atom stereocenters. The molecule has 1 N–H and O–H groups in total. The summed E-state index contributed by atoms with van der Waals surface area (Å²) in [5.41, 5.74) is 0.669. The quantitative estimate of drug-likeness (QED) is 0.945. The van der Waals surface area contributed by atoms with Gasteiger partial charge in [-0.2, -0.15) is 5.26 Å². The van der Waals surface area contributed by atoms with Crippen molar-refractivity contribution in [3.63, 3.8) is 0 Å². The van der Waals surface area contributed by atoms with Gasteiger partial charge in [0.2, 0.25) is 0 Å². The molecule has 0 fully saturated rings. The number of rotatable bonds is 3. The van der Waals surface area contributed by atoms with Crippen molar-refractivity contribution in [1.29, 1.82) is 5.26 Å². The fraction of sp³-hybridized carbons (Fsp3) is 0.0769. The molecule has 5 nitrogen and oxygen atoms in total. The third-order valence-electron chi connectivity index (χ3n) is 2.59. The molecule has 0 unspecified atom stereocenters. The molecular formula is C13H10ClN3O2S. The summed E-state index contributed by atoms with van der Waals surface area (Å²) in [6.07, 6.45) is 1.41. The van der Waals surface area contributed by atoms with Gasteiger partial charge >= 0.3 is 0 Å². The maximum absolute atomic E-state index is 12.3. The minimum absolute atomic E-state index is 0.00403. The molecule has 0 radical (unpaired) electrons. The van der Waals surface area contributed by atoms with Gasteiger partial charge in [-0.1, -0.05) is 11.6 Å². The Morgan fingerprint density at radius 1 is 1.35 bits per heavy atom. The first-order valence-electron chi connectivity index (χ1n) is 5.58. The topological polar surface area (TPSA) is 82.8 Å². The van der Waals surface area contributed by atoms with Gasteiger partial charge in [-0.05, 0) is 42.8 Å². The van der Waals surface area contributed by atoms with Gasteiger partial charge in [-0.25, -0.2) is 13.4 Å². The molecule has 2 aromatic rings. The number of nitrogens with one attached hydrogen (secondary N) is 1. The number of hydrogen-bond acceptors (Lipinski definition) is 4. The predicted octanol–water partition coefficient (Wildman–Crippen LogP) is 2.72. The fourth-order valence-electron chi connectivity index (χ4n) is 1.67. The minimum Gasteiger partial charge on any atom is -0.262 e. The minimum atomic E-state index is -3.82. The Morgan fingerprint density at radius 2 is 2.10 bits per heavy atom. The summed E-state index contributed by atoms with van der Waals surface area (Å²) < 4.78 is 26.9. The lowest BCUT2D eigenvalue weighted by molar-refractivity contribution is 0.600. The van der Waals surface area contributed by atoms with Gasteiger partial charge in [0.25, 0.3) is 10.0 Å². The second-order valence-electron chi connectivity index (χ2n) is 4.03. The van der Waals surface area contributed by atoms with Gasteiger partial charge < -0.3 is 0 Å². The summed E-state index contributed by atoms with van der Waals surface area (Å²) in [6, 6.07) is 9.39. The van der Waals surface area contributed by atoms with Gasteiger partial charge in [-0.15, -0.1) is 0 Å². The van der Waals surface area contributed by atoms with E-state index in [1.807, 2.05) is 6.07 Å². The lowest BCUT2D eigenvalue weighted by atomic mass is 10.2. The third-order valence-corrected chi connectivity index (χ3v) is 4.32. The van der Waals surface area contributed by atoms with Gasteiger partial charge in [0.1, 0.15) is 6.07 Å². The highest BCUT2D eigenvalue weighted by atomic mass is 35.5. The summed E-state index contributed by atoms with van der Waals surface area (Å²) in [5, 5.41) is 9.39. The number of nitrogens with zero attached hydrogens (tertiary/aromatic N) is 2. The van der Waals surface area contributed by atoms with Crippen LogP contribution in [-0.2, 0) is 10.0 Å². The van der Waals surface area contributed by atoms with Crippen LogP contribution < -0.4 is 4.72 Å². The van der Waals surface area contributed by atoms with E-state index in [2.05, 4.69) is 9.71 Å². The van der Waals surface area contributed by atoms with Crippen molar-refractivity contribution in [2.24, 2.45) is 0 Å². The van der Waals surface area contributed by atoms with Crippen molar-refractivity contribution in [3.8, 4) is 6.07 Å². The van der Waals surface area contributed by atoms with Crippen molar-refractivity contribution in [2.45, 2.75) is 11.8 Å². The van der Waals surface area contributed by atoms with Crippen molar-refractivity contribution in [2.75, 3.05) is 4.72 Å². The summed E-state index contributed by atoms with van der Waals surface area (Å²) in [4.78, 5) is 3.96. The summed E-state index contributed by atoms with van der Waals surface area (Å²) >= 11 is 5.80. The SMILES string of the molecule is Cc1cc(Cl)ccc1S(=O)(=O)Nc1ncccc1C#N. The average molecular weight is 308 g/mol. The van der Waals surface area contributed by atoms with Crippen LogP contribution >= 0.6 is 11.6 Å². The molecule has 0 bridgehead atoms. The fourth-order valence-corrected chi connectivity index (χ4v) is 3.16. The van der Waals surface area contributed by atoms with Gasteiger partial charge in [0.05, 0.1) is 10.5 Å². The lowest BCUT2D eigenvalue weighted by Crippen LogP contribution is -2.16. The molecule has 0 saturated carbocycles. The second kappa shape index (κ2) is 5.49. The molecule has 1 heterocycles. The normalized spacial score (nSPS) is 10.8. The van der Waals surface area contributed by atoms with Gasteiger partial charge in [-0.3, -0.25) is 4.72 Å². The number of nitriles is 1. The Morgan fingerprint density at radius 3 is 2.75 bits per heavy atom. The zero-order valence-electron chi connectivity index (χ0n) is 10.5. The third kappa shape index (κ3) is 2.90. The lowest BCUT2D eigenvalue weighted by Gasteiger charge is -2.10. The largest absolute Gasteiger partial charge is 0.263 e. The van der Waals surface area contributed by atoms with Crippen LogP contribution in [0, 0.1) is 18.3 Å². The maximum atomic E-state index is 12.3. The van der Waals surface area contributed by atoms with Gasteiger partial charge in [0, 0.05) is 11.2 Å². The van der Waals surface area contributed by atoms with Crippen LogP contribution in [0.3, 0.4) is 0 Å². The van der Waals surface area contributed by atoms with E-state index >= 15 is 0 Å². The highest BCUT2D eigenvalue weighted by molar-refractivity contribution is 7.92. The number of pyridine rings is 1. The Labute approximate surface area is 121 Å².